The summed E-state index contributed by atoms with van der Waals surface area (Å²) in [6, 6.07) is 0. The quantitative estimate of drug-likeness (QED) is 0.408. The number of carbonyl (C=O) groups excluding carboxylic acids is 1. The van der Waals surface area contributed by atoms with Crippen molar-refractivity contribution in [2.24, 2.45) is 5.92 Å². The maximum atomic E-state index is 10.4. The van der Waals surface area contributed by atoms with Crippen LogP contribution in [-0.4, -0.2) is 18.5 Å². The van der Waals surface area contributed by atoms with Crippen LogP contribution in [0, 0.1) is 5.92 Å². The predicted octanol–water partition coefficient (Wildman–Crippen LogP) is 0.720. The highest BCUT2D eigenvalue weighted by atomic mass is 35.5. The molecule has 1 aliphatic rings. The first kappa shape index (κ1) is 6.99. The second-order valence-electron chi connectivity index (χ2n) is 1.90. The van der Waals surface area contributed by atoms with E-state index in [1.54, 1.807) is 0 Å². The predicted molar refractivity (Wildman–Crippen MR) is 30.9 cm³/mol. The van der Waals surface area contributed by atoms with Gasteiger partial charge in [0.25, 0.3) is 0 Å². The monoisotopic (exact) mass is 150 g/mol. The lowest BCUT2D eigenvalue weighted by Gasteiger charge is -2.16. The highest BCUT2D eigenvalue weighted by Gasteiger charge is 2.20. The Balaban J connectivity index is 2.31. The van der Waals surface area contributed by atoms with Crippen LogP contribution in [0.5, 0.6) is 0 Å². The summed E-state index contributed by atoms with van der Waals surface area (Å²) in [6.07, 6.45) is 0.669. The molecule has 4 heteroatoms. The molecule has 0 saturated carbocycles. The lowest BCUT2D eigenvalue weighted by Crippen LogP contribution is -2.23. The van der Waals surface area contributed by atoms with Crippen molar-refractivity contribution in [1.29, 1.82) is 0 Å². The van der Waals surface area contributed by atoms with Crippen LogP contribution < -0.4 is 0 Å². The first-order valence-electron chi connectivity index (χ1n) is 2.74. The number of hydrogen-bond acceptors (Lipinski definition) is 3. The summed E-state index contributed by atoms with van der Waals surface area (Å²) in [4.78, 5) is 19.5. The molecule has 9 heavy (non-hydrogen) atoms. The Hall–Kier alpha value is -0.120. The van der Waals surface area contributed by atoms with Crippen LogP contribution >= 0.6 is 11.6 Å². The number of rotatable bonds is 1. The van der Waals surface area contributed by atoms with Gasteiger partial charge in [-0.25, -0.2) is 9.78 Å². The highest BCUT2D eigenvalue weighted by molar-refractivity contribution is 6.64. The van der Waals surface area contributed by atoms with Crippen molar-refractivity contribution < 1.29 is 14.6 Å². The molecule has 1 heterocycles. The molecule has 1 rings (SSSR count). The zero-order valence-corrected chi connectivity index (χ0v) is 5.56. The molecule has 0 spiro atoms. The molecule has 52 valence electrons. The molecule has 0 bridgehead atoms. The highest BCUT2D eigenvalue weighted by Crippen LogP contribution is 2.12. The van der Waals surface area contributed by atoms with Crippen molar-refractivity contribution in [2.45, 2.75) is 6.42 Å². The van der Waals surface area contributed by atoms with E-state index >= 15 is 0 Å². The molecule has 0 N–H and O–H groups in total. The second-order valence-corrected chi connectivity index (χ2v) is 2.27. The Kier molecular flexibility index (Phi) is 2.45. The van der Waals surface area contributed by atoms with Gasteiger partial charge in [0.15, 0.2) is 0 Å². The van der Waals surface area contributed by atoms with Crippen LogP contribution in [0.2, 0.25) is 0 Å². The van der Waals surface area contributed by atoms with Gasteiger partial charge in [0.2, 0.25) is 5.24 Å². The molecule has 1 fully saturated rings. The van der Waals surface area contributed by atoms with E-state index in [9.17, 15) is 4.79 Å². The maximum absolute atomic E-state index is 10.4. The third kappa shape index (κ3) is 1.93. The van der Waals surface area contributed by atoms with E-state index in [1.165, 1.54) is 0 Å². The van der Waals surface area contributed by atoms with E-state index in [1.807, 2.05) is 0 Å². The van der Waals surface area contributed by atoms with Gasteiger partial charge in [-0.05, 0) is 18.0 Å². The number of carbonyl (C=O) groups is 1. The Morgan fingerprint density at radius 3 is 2.67 bits per heavy atom. The van der Waals surface area contributed by atoms with Gasteiger partial charge in [-0.1, -0.05) is 0 Å². The zero-order chi connectivity index (χ0) is 6.69. The molecule has 1 saturated heterocycles. The molecule has 0 aromatic rings. The van der Waals surface area contributed by atoms with Crippen molar-refractivity contribution >= 4 is 16.8 Å². The normalized spacial score (nSPS) is 27.9. The lowest BCUT2D eigenvalue weighted by atomic mass is 10.1. The van der Waals surface area contributed by atoms with Gasteiger partial charge in [-0.15, -0.1) is 0 Å². The van der Waals surface area contributed by atoms with E-state index < -0.39 is 0 Å². The van der Waals surface area contributed by atoms with Crippen molar-refractivity contribution in [3.05, 3.63) is 0 Å². The molecule has 0 aliphatic carbocycles. The molecular weight excluding hydrogens is 144 g/mol. The summed E-state index contributed by atoms with van der Waals surface area (Å²) < 4.78 is 0. The lowest BCUT2D eigenvalue weighted by molar-refractivity contribution is -0.320. The Morgan fingerprint density at radius 2 is 2.33 bits per heavy atom. The minimum Gasteiger partial charge on any atom is -0.281 e. The summed E-state index contributed by atoms with van der Waals surface area (Å²) in [5.41, 5.74) is 0. The van der Waals surface area contributed by atoms with Gasteiger partial charge in [0, 0.05) is 0 Å². The summed E-state index contributed by atoms with van der Waals surface area (Å²) in [5.74, 6) is -0.166. The van der Waals surface area contributed by atoms with Gasteiger partial charge in [0.1, 0.15) is 0 Å². The summed E-state index contributed by atoms with van der Waals surface area (Å²) >= 11 is 5.18. The van der Waals surface area contributed by atoms with E-state index in [0.29, 0.717) is 19.6 Å². The summed E-state index contributed by atoms with van der Waals surface area (Å²) in [5, 5.41) is -0.335. The van der Waals surface area contributed by atoms with Crippen molar-refractivity contribution in [2.75, 3.05) is 13.2 Å². The molecular formula is C5H7ClO3. The van der Waals surface area contributed by atoms with Crippen LogP contribution in [0.1, 0.15) is 6.42 Å². The SMILES string of the molecule is O=C(Cl)C1CCOOC1. The van der Waals surface area contributed by atoms with Crippen LogP contribution in [0.25, 0.3) is 0 Å². The van der Waals surface area contributed by atoms with Gasteiger partial charge in [0.05, 0.1) is 19.1 Å². The van der Waals surface area contributed by atoms with Crippen molar-refractivity contribution in [1.82, 2.24) is 0 Å². The number of hydrogen-bond donors (Lipinski definition) is 0. The standard InChI is InChI=1S/C5H7ClO3/c6-5(7)4-1-2-8-9-3-4/h4H,1-3H2. The third-order valence-corrected chi connectivity index (χ3v) is 1.53. The molecule has 1 aliphatic heterocycles. The van der Waals surface area contributed by atoms with Crippen molar-refractivity contribution in [3.63, 3.8) is 0 Å². The summed E-state index contributed by atoms with van der Waals surface area (Å²) in [6.45, 7) is 0.755. The first-order chi connectivity index (χ1) is 4.30. The van der Waals surface area contributed by atoms with E-state index in [4.69, 9.17) is 11.6 Å². The fraction of sp³-hybridized carbons (Fsp3) is 0.800. The van der Waals surface area contributed by atoms with Crippen LogP contribution in [-0.2, 0) is 14.6 Å². The molecule has 0 aromatic carbocycles. The van der Waals surface area contributed by atoms with Crippen LogP contribution in [0.3, 0.4) is 0 Å². The molecule has 0 amide bonds. The first-order valence-corrected chi connectivity index (χ1v) is 3.12. The van der Waals surface area contributed by atoms with Crippen LogP contribution in [0.15, 0.2) is 0 Å². The van der Waals surface area contributed by atoms with Gasteiger partial charge in [-0.2, -0.15) is 0 Å². The maximum Gasteiger partial charge on any atom is 0.227 e. The molecule has 3 nitrogen and oxygen atoms in total. The van der Waals surface area contributed by atoms with Gasteiger partial charge < -0.3 is 0 Å². The third-order valence-electron chi connectivity index (χ3n) is 1.22. The zero-order valence-electron chi connectivity index (χ0n) is 4.80. The minimum atomic E-state index is -0.335. The second kappa shape index (κ2) is 3.15. The minimum absolute atomic E-state index is 0.166. The largest absolute Gasteiger partial charge is 0.281 e. The smallest absolute Gasteiger partial charge is 0.227 e. The Morgan fingerprint density at radius 1 is 1.56 bits per heavy atom. The van der Waals surface area contributed by atoms with E-state index in [0.717, 1.165) is 0 Å². The number of halogens is 1. The van der Waals surface area contributed by atoms with Crippen LogP contribution in [0.4, 0.5) is 0 Å². The Labute approximate surface area is 57.8 Å². The van der Waals surface area contributed by atoms with E-state index in [2.05, 4.69) is 9.78 Å². The van der Waals surface area contributed by atoms with E-state index in [-0.39, 0.29) is 11.2 Å². The molecule has 1 atom stereocenters. The van der Waals surface area contributed by atoms with Crippen molar-refractivity contribution in [3.8, 4) is 0 Å². The summed E-state index contributed by atoms with van der Waals surface area (Å²) in [7, 11) is 0. The van der Waals surface area contributed by atoms with Gasteiger partial charge >= 0.3 is 0 Å². The molecule has 1 unspecified atom stereocenters. The fourth-order valence-electron chi connectivity index (χ4n) is 0.642. The average molecular weight is 151 g/mol. The van der Waals surface area contributed by atoms with Gasteiger partial charge in [-0.3, -0.25) is 4.79 Å². The molecule has 0 aromatic heterocycles. The topological polar surface area (TPSA) is 35.5 Å². The molecule has 0 radical (unpaired) electrons. The Bertz CT molecular complexity index is 109. The average Bonchev–Trinajstić information content (AvgIpc) is 1.90. The fourth-order valence-corrected chi connectivity index (χ4v) is 0.814.